The molecule has 9 nitrogen and oxygen atoms in total. The zero-order valence-corrected chi connectivity index (χ0v) is 20.6. The fourth-order valence-corrected chi connectivity index (χ4v) is 4.10. The molecule has 4 N–H and O–H groups in total. The number of nitrogens with one attached hydrogen (secondary N) is 3. The standard InChI is InChI=1S/C28H21F3N6O3/c29-28(30,31)21-8-4-5-9-22(21)33-26-34-23-15-12-19(16-37(23)36-26)17-10-13-20(14-11-17)32-25(38)24(35-27(39)40)18-6-2-1-3-7-18/h1-16,24,35H,(H,32,38)(H,33,36)(H,39,40). The Morgan fingerprint density at radius 1 is 0.850 bits per heavy atom. The molecule has 0 fully saturated rings. The van der Waals surface area contributed by atoms with Gasteiger partial charge in [0.25, 0.3) is 5.91 Å². The first-order valence-electron chi connectivity index (χ1n) is 11.9. The molecule has 0 saturated heterocycles. The molecule has 0 radical (unpaired) electrons. The molecule has 202 valence electrons. The van der Waals surface area contributed by atoms with E-state index in [0.717, 1.165) is 17.2 Å². The van der Waals surface area contributed by atoms with E-state index in [4.69, 9.17) is 5.11 Å². The van der Waals surface area contributed by atoms with Crippen LogP contribution in [0, 0.1) is 0 Å². The second kappa shape index (κ2) is 10.8. The Morgan fingerprint density at radius 3 is 2.23 bits per heavy atom. The predicted octanol–water partition coefficient (Wildman–Crippen LogP) is 6.11. The van der Waals surface area contributed by atoms with Crippen LogP contribution in [0.4, 0.5) is 35.3 Å². The lowest BCUT2D eigenvalue weighted by molar-refractivity contribution is -0.137. The first-order chi connectivity index (χ1) is 19.2. The van der Waals surface area contributed by atoms with Crippen LogP contribution in [-0.2, 0) is 11.0 Å². The summed E-state index contributed by atoms with van der Waals surface area (Å²) in [4.78, 5) is 28.3. The van der Waals surface area contributed by atoms with Crippen molar-refractivity contribution in [1.82, 2.24) is 19.9 Å². The SMILES string of the molecule is O=C(O)NC(C(=O)Nc1ccc(-c2ccc3nc(Nc4ccccc4C(F)(F)F)nn3c2)cc1)c1ccccc1. The summed E-state index contributed by atoms with van der Waals surface area (Å²) in [5.74, 6) is -0.535. The van der Waals surface area contributed by atoms with Crippen LogP contribution in [0.1, 0.15) is 17.2 Å². The average Bonchev–Trinajstić information content (AvgIpc) is 3.33. The van der Waals surface area contributed by atoms with E-state index in [2.05, 4.69) is 26.0 Å². The first-order valence-corrected chi connectivity index (χ1v) is 11.9. The molecule has 2 amide bonds. The Morgan fingerprint density at radius 2 is 1.52 bits per heavy atom. The third-order valence-corrected chi connectivity index (χ3v) is 5.96. The third kappa shape index (κ3) is 5.85. The van der Waals surface area contributed by atoms with Crippen LogP contribution in [0.25, 0.3) is 16.8 Å². The number of fused-ring (bicyclic) bond motifs is 1. The van der Waals surface area contributed by atoms with E-state index in [1.54, 1.807) is 72.9 Å². The van der Waals surface area contributed by atoms with Gasteiger partial charge in [-0.1, -0.05) is 54.6 Å². The number of hydrogen-bond donors (Lipinski definition) is 4. The number of alkyl halides is 3. The number of anilines is 3. The summed E-state index contributed by atoms with van der Waals surface area (Å²) < 4.78 is 41.4. The number of pyridine rings is 1. The van der Waals surface area contributed by atoms with Gasteiger partial charge in [0.2, 0.25) is 5.95 Å². The maximum absolute atomic E-state index is 13.3. The number of hydrogen-bond acceptors (Lipinski definition) is 5. The minimum Gasteiger partial charge on any atom is -0.465 e. The Balaban J connectivity index is 1.32. The molecule has 0 spiro atoms. The number of carbonyl (C=O) groups excluding carboxylic acids is 1. The van der Waals surface area contributed by atoms with Crippen molar-refractivity contribution in [2.75, 3.05) is 10.6 Å². The molecule has 12 heteroatoms. The van der Waals surface area contributed by atoms with Crippen LogP contribution in [0.15, 0.2) is 97.2 Å². The van der Waals surface area contributed by atoms with E-state index in [1.165, 1.54) is 22.7 Å². The number of carboxylic acid groups (broad SMARTS) is 1. The number of amides is 2. The van der Waals surface area contributed by atoms with Crippen molar-refractivity contribution in [1.29, 1.82) is 0 Å². The number of aromatic nitrogens is 3. The molecule has 0 aliphatic rings. The van der Waals surface area contributed by atoms with Gasteiger partial charge in [-0.3, -0.25) is 4.79 Å². The minimum absolute atomic E-state index is 0.00912. The molecule has 0 aliphatic heterocycles. The molecule has 40 heavy (non-hydrogen) atoms. The Labute approximate surface area is 225 Å². The number of carbonyl (C=O) groups is 2. The van der Waals surface area contributed by atoms with E-state index in [-0.39, 0.29) is 11.6 Å². The van der Waals surface area contributed by atoms with E-state index >= 15 is 0 Å². The largest absolute Gasteiger partial charge is 0.465 e. The van der Waals surface area contributed by atoms with Crippen LogP contribution in [0.5, 0.6) is 0 Å². The minimum atomic E-state index is -4.53. The molecule has 5 aromatic rings. The van der Waals surface area contributed by atoms with Gasteiger partial charge in [0.05, 0.1) is 11.3 Å². The molecular formula is C28H21F3N6O3. The van der Waals surface area contributed by atoms with Gasteiger partial charge in [0.15, 0.2) is 5.65 Å². The maximum Gasteiger partial charge on any atom is 0.418 e. The van der Waals surface area contributed by atoms with Crippen LogP contribution < -0.4 is 16.0 Å². The Hall–Kier alpha value is -5.39. The highest BCUT2D eigenvalue weighted by molar-refractivity contribution is 5.97. The van der Waals surface area contributed by atoms with Gasteiger partial charge in [-0.2, -0.15) is 18.2 Å². The number of halogens is 3. The van der Waals surface area contributed by atoms with Crippen LogP contribution in [0.2, 0.25) is 0 Å². The quantitative estimate of drug-likeness (QED) is 0.196. The van der Waals surface area contributed by atoms with Crippen molar-refractivity contribution in [2.45, 2.75) is 12.2 Å². The van der Waals surface area contributed by atoms with E-state index in [9.17, 15) is 22.8 Å². The maximum atomic E-state index is 13.3. The molecule has 0 saturated carbocycles. The topological polar surface area (TPSA) is 121 Å². The van der Waals surface area contributed by atoms with E-state index < -0.39 is 29.8 Å². The molecule has 3 aromatic carbocycles. The van der Waals surface area contributed by atoms with Crippen molar-refractivity contribution < 1.29 is 27.9 Å². The Kier molecular flexibility index (Phi) is 7.06. The highest BCUT2D eigenvalue weighted by atomic mass is 19.4. The van der Waals surface area contributed by atoms with Gasteiger partial charge in [0, 0.05) is 17.4 Å². The van der Waals surface area contributed by atoms with Crippen LogP contribution in [-0.4, -0.2) is 31.7 Å². The highest BCUT2D eigenvalue weighted by Crippen LogP contribution is 2.35. The van der Waals surface area contributed by atoms with E-state index in [1.807, 2.05) is 0 Å². The Bertz CT molecular complexity index is 1670. The molecule has 0 aliphatic carbocycles. The average molecular weight is 547 g/mol. The van der Waals surface area contributed by atoms with Gasteiger partial charge in [-0.25, -0.2) is 9.31 Å². The molecule has 2 aromatic heterocycles. The van der Waals surface area contributed by atoms with Crippen molar-refractivity contribution in [2.24, 2.45) is 0 Å². The zero-order chi connectivity index (χ0) is 28.3. The zero-order valence-electron chi connectivity index (χ0n) is 20.6. The number of nitrogens with zero attached hydrogens (tertiary/aromatic N) is 3. The van der Waals surface area contributed by atoms with Crippen LogP contribution >= 0.6 is 0 Å². The van der Waals surface area contributed by atoms with Gasteiger partial charge in [-0.05, 0) is 47.5 Å². The lowest BCUT2D eigenvalue weighted by Crippen LogP contribution is -2.36. The lowest BCUT2D eigenvalue weighted by atomic mass is 10.1. The van der Waals surface area contributed by atoms with Crippen molar-refractivity contribution >= 4 is 35.0 Å². The van der Waals surface area contributed by atoms with E-state index in [0.29, 0.717) is 16.9 Å². The van der Waals surface area contributed by atoms with Gasteiger partial charge in [-0.15, -0.1) is 5.10 Å². The summed E-state index contributed by atoms with van der Waals surface area (Å²) in [6.07, 6.45) is -4.18. The molecule has 0 bridgehead atoms. The second-order valence-electron chi connectivity index (χ2n) is 8.68. The number of benzene rings is 3. The summed E-state index contributed by atoms with van der Waals surface area (Å²) in [6, 6.07) is 22.8. The second-order valence-corrected chi connectivity index (χ2v) is 8.68. The van der Waals surface area contributed by atoms with Crippen molar-refractivity contribution in [3.05, 3.63) is 108 Å². The molecular weight excluding hydrogens is 525 g/mol. The molecule has 5 rings (SSSR count). The summed E-state index contributed by atoms with van der Waals surface area (Å²) in [5.41, 5.74) is 1.92. The number of rotatable bonds is 7. The predicted molar refractivity (Wildman–Crippen MR) is 142 cm³/mol. The molecule has 2 heterocycles. The van der Waals surface area contributed by atoms with Gasteiger partial charge >= 0.3 is 12.3 Å². The van der Waals surface area contributed by atoms with Crippen molar-refractivity contribution in [3.63, 3.8) is 0 Å². The normalized spacial score (nSPS) is 12.1. The summed E-state index contributed by atoms with van der Waals surface area (Å²) in [6.45, 7) is 0. The highest BCUT2D eigenvalue weighted by Gasteiger charge is 2.33. The third-order valence-electron chi connectivity index (χ3n) is 5.96. The van der Waals surface area contributed by atoms with Crippen LogP contribution in [0.3, 0.4) is 0 Å². The lowest BCUT2D eigenvalue weighted by Gasteiger charge is -2.17. The van der Waals surface area contributed by atoms with Gasteiger partial charge in [0.1, 0.15) is 6.04 Å². The number of para-hydroxylation sites is 1. The summed E-state index contributed by atoms with van der Waals surface area (Å²) >= 11 is 0. The van der Waals surface area contributed by atoms with Gasteiger partial charge < -0.3 is 21.1 Å². The summed E-state index contributed by atoms with van der Waals surface area (Å²) in [7, 11) is 0. The summed E-state index contributed by atoms with van der Waals surface area (Å²) in [5, 5.41) is 21.0. The molecule has 1 unspecified atom stereocenters. The fourth-order valence-electron chi connectivity index (χ4n) is 4.10. The smallest absolute Gasteiger partial charge is 0.418 e. The van der Waals surface area contributed by atoms with Crippen molar-refractivity contribution in [3.8, 4) is 11.1 Å². The fraction of sp³-hybridized carbons (Fsp3) is 0.0714. The first kappa shape index (κ1) is 26.2. The monoisotopic (exact) mass is 546 g/mol. The molecule has 1 atom stereocenters.